The smallest absolute Gasteiger partial charge is 0.216 e. The molecule has 0 radical (unpaired) electrons. The van der Waals surface area contributed by atoms with E-state index >= 15 is 0 Å². The van der Waals surface area contributed by atoms with E-state index in [0.717, 1.165) is 25.2 Å². The number of thioether (sulfide) groups is 1. The maximum Gasteiger partial charge on any atom is 0.216 e. The van der Waals surface area contributed by atoms with Gasteiger partial charge in [0.25, 0.3) is 0 Å². The van der Waals surface area contributed by atoms with Crippen LogP contribution in [0.1, 0.15) is 19.8 Å². The van der Waals surface area contributed by atoms with Crippen molar-refractivity contribution in [3.8, 4) is 0 Å². The van der Waals surface area contributed by atoms with Gasteiger partial charge in [0.05, 0.1) is 33.0 Å². The van der Waals surface area contributed by atoms with E-state index < -0.39 is 0 Å². The molecular formula is C12H24N4O3S. The number of anilines is 1. The van der Waals surface area contributed by atoms with Crippen LogP contribution in [0.2, 0.25) is 0 Å². The summed E-state index contributed by atoms with van der Waals surface area (Å²) in [6.45, 7) is 6.06. The zero-order valence-corrected chi connectivity index (χ0v) is 12.8. The summed E-state index contributed by atoms with van der Waals surface area (Å²) >= 11 is 1.50. The monoisotopic (exact) mass is 304 g/mol. The molecule has 0 aliphatic heterocycles. The number of hydrogen-bond acceptors (Lipinski definition) is 7. The fraction of sp³-hybridized carbons (Fsp3) is 0.833. The van der Waals surface area contributed by atoms with Crippen LogP contribution in [0.3, 0.4) is 0 Å². The van der Waals surface area contributed by atoms with Gasteiger partial charge in [0.2, 0.25) is 11.1 Å². The quantitative estimate of drug-likeness (QED) is 0.419. The first-order chi connectivity index (χ1) is 9.83. The minimum absolute atomic E-state index is 0.336. The van der Waals surface area contributed by atoms with E-state index in [1.165, 1.54) is 11.8 Å². The highest BCUT2D eigenvalue weighted by atomic mass is 32.2. The Bertz CT molecular complexity index is 338. The number of rotatable bonds is 13. The average Bonchev–Trinajstić information content (AvgIpc) is 2.86. The molecule has 0 fully saturated rings. The van der Waals surface area contributed by atoms with Crippen molar-refractivity contribution in [3.05, 3.63) is 0 Å². The molecule has 1 rings (SSSR count). The first-order valence-corrected chi connectivity index (χ1v) is 7.85. The third-order valence-corrected chi connectivity index (χ3v) is 3.14. The number of nitrogens with two attached hydrogens (primary N) is 1. The Morgan fingerprint density at radius 2 is 1.70 bits per heavy atom. The van der Waals surface area contributed by atoms with Crippen molar-refractivity contribution in [1.29, 1.82) is 0 Å². The lowest BCUT2D eigenvalue weighted by atomic mass is 10.4. The number of nitrogens with zero attached hydrogens (tertiary/aromatic N) is 2. The normalized spacial score (nSPS) is 11.1. The van der Waals surface area contributed by atoms with Crippen molar-refractivity contribution in [2.24, 2.45) is 0 Å². The van der Waals surface area contributed by atoms with Crippen LogP contribution < -0.4 is 5.73 Å². The standard InChI is InChI=1S/C12H24N4O3S/c1-2-3-4-17-5-6-18-7-8-19-9-10-20-12-14-11(13)15-16-12/h2-10H2,1H3,(H3,13,14,15,16). The number of H-pyrrole nitrogens is 1. The van der Waals surface area contributed by atoms with Crippen molar-refractivity contribution in [2.45, 2.75) is 24.9 Å². The molecule has 0 aromatic carbocycles. The third kappa shape index (κ3) is 9.13. The number of hydrogen-bond donors (Lipinski definition) is 2. The minimum Gasteiger partial charge on any atom is -0.379 e. The number of unbranched alkanes of at least 4 members (excludes halogenated alkanes) is 1. The van der Waals surface area contributed by atoms with E-state index in [1.807, 2.05) is 0 Å². The summed E-state index contributed by atoms with van der Waals surface area (Å²) in [5, 5.41) is 7.14. The molecule has 1 aromatic heterocycles. The summed E-state index contributed by atoms with van der Waals surface area (Å²) in [5.41, 5.74) is 5.41. The van der Waals surface area contributed by atoms with Crippen LogP contribution in [-0.2, 0) is 14.2 Å². The molecule has 1 aromatic rings. The van der Waals surface area contributed by atoms with E-state index in [9.17, 15) is 0 Å². The lowest BCUT2D eigenvalue weighted by molar-refractivity contribution is 0.0169. The number of aromatic amines is 1. The highest BCUT2D eigenvalue weighted by Gasteiger charge is 2.00. The molecule has 116 valence electrons. The highest BCUT2D eigenvalue weighted by Crippen LogP contribution is 2.11. The zero-order chi connectivity index (χ0) is 14.5. The van der Waals surface area contributed by atoms with Crippen LogP contribution >= 0.6 is 11.8 Å². The molecule has 0 amide bonds. The van der Waals surface area contributed by atoms with Gasteiger partial charge < -0.3 is 19.9 Å². The van der Waals surface area contributed by atoms with Gasteiger partial charge in [0.1, 0.15) is 0 Å². The van der Waals surface area contributed by atoms with Crippen molar-refractivity contribution < 1.29 is 14.2 Å². The summed E-state index contributed by atoms with van der Waals surface area (Å²) in [6, 6.07) is 0. The number of aromatic nitrogens is 3. The second kappa shape index (κ2) is 12.0. The number of nitrogen functional groups attached to an aromatic ring is 1. The van der Waals surface area contributed by atoms with E-state index in [1.54, 1.807) is 0 Å². The fourth-order valence-electron chi connectivity index (χ4n) is 1.30. The summed E-state index contributed by atoms with van der Waals surface area (Å²) in [7, 11) is 0. The molecule has 0 unspecified atom stereocenters. The largest absolute Gasteiger partial charge is 0.379 e. The van der Waals surface area contributed by atoms with E-state index in [0.29, 0.717) is 44.1 Å². The second-order valence-electron chi connectivity index (χ2n) is 4.04. The summed E-state index contributed by atoms with van der Waals surface area (Å²) in [5.74, 6) is 1.13. The van der Waals surface area contributed by atoms with Gasteiger partial charge in [-0.15, -0.1) is 5.10 Å². The third-order valence-electron chi connectivity index (χ3n) is 2.33. The Balaban J connectivity index is 1.76. The average molecular weight is 304 g/mol. The Morgan fingerprint density at radius 3 is 2.30 bits per heavy atom. The molecule has 0 saturated carbocycles. The van der Waals surface area contributed by atoms with Gasteiger partial charge in [0.15, 0.2) is 0 Å². The molecule has 0 spiro atoms. The van der Waals surface area contributed by atoms with Crippen molar-refractivity contribution in [2.75, 3.05) is 51.1 Å². The molecule has 7 nitrogen and oxygen atoms in total. The highest BCUT2D eigenvalue weighted by molar-refractivity contribution is 7.99. The van der Waals surface area contributed by atoms with Crippen LogP contribution in [0.25, 0.3) is 0 Å². The Hall–Kier alpha value is -0.830. The van der Waals surface area contributed by atoms with Crippen LogP contribution in [0.5, 0.6) is 0 Å². The first-order valence-electron chi connectivity index (χ1n) is 6.87. The second-order valence-corrected chi connectivity index (χ2v) is 5.10. The lowest BCUT2D eigenvalue weighted by Gasteiger charge is -2.06. The maximum absolute atomic E-state index is 5.42. The van der Waals surface area contributed by atoms with Gasteiger partial charge in [-0.05, 0) is 6.42 Å². The fourth-order valence-corrected chi connectivity index (χ4v) is 1.96. The molecule has 8 heteroatoms. The topological polar surface area (TPSA) is 95.3 Å². The Labute approximate surface area is 124 Å². The molecule has 3 N–H and O–H groups in total. The molecule has 0 aliphatic carbocycles. The number of ether oxygens (including phenoxy) is 3. The molecule has 0 bridgehead atoms. The summed E-state index contributed by atoms with van der Waals surface area (Å²) in [4.78, 5) is 3.98. The van der Waals surface area contributed by atoms with Crippen LogP contribution in [0, 0.1) is 0 Å². The summed E-state index contributed by atoms with van der Waals surface area (Å²) < 4.78 is 16.2. The first kappa shape index (κ1) is 17.2. The lowest BCUT2D eigenvalue weighted by Crippen LogP contribution is -2.10. The molecule has 20 heavy (non-hydrogen) atoms. The van der Waals surface area contributed by atoms with E-state index in [4.69, 9.17) is 19.9 Å². The van der Waals surface area contributed by atoms with Crippen LogP contribution in [0.4, 0.5) is 5.95 Å². The molecule has 0 atom stereocenters. The number of nitrogens with one attached hydrogen (secondary N) is 1. The predicted molar refractivity (Wildman–Crippen MR) is 78.9 cm³/mol. The molecular weight excluding hydrogens is 280 g/mol. The van der Waals surface area contributed by atoms with Crippen LogP contribution in [-0.4, -0.2) is 60.6 Å². The maximum atomic E-state index is 5.42. The van der Waals surface area contributed by atoms with E-state index in [2.05, 4.69) is 22.1 Å². The Morgan fingerprint density at radius 1 is 1.05 bits per heavy atom. The van der Waals surface area contributed by atoms with E-state index in [-0.39, 0.29) is 0 Å². The minimum atomic E-state index is 0.336. The Kier molecular flexibility index (Phi) is 10.3. The summed E-state index contributed by atoms with van der Waals surface area (Å²) in [6.07, 6.45) is 2.27. The zero-order valence-electron chi connectivity index (χ0n) is 12.0. The predicted octanol–water partition coefficient (Wildman–Crippen LogP) is 1.33. The van der Waals surface area contributed by atoms with Crippen molar-refractivity contribution in [3.63, 3.8) is 0 Å². The van der Waals surface area contributed by atoms with Gasteiger partial charge in [0, 0.05) is 12.4 Å². The van der Waals surface area contributed by atoms with Crippen molar-refractivity contribution >= 4 is 17.7 Å². The van der Waals surface area contributed by atoms with Crippen molar-refractivity contribution in [1.82, 2.24) is 15.2 Å². The van der Waals surface area contributed by atoms with Gasteiger partial charge in [-0.2, -0.15) is 4.98 Å². The van der Waals surface area contributed by atoms with Crippen LogP contribution in [0.15, 0.2) is 5.16 Å². The van der Waals surface area contributed by atoms with Gasteiger partial charge in [-0.1, -0.05) is 25.1 Å². The van der Waals surface area contributed by atoms with Gasteiger partial charge >= 0.3 is 0 Å². The van der Waals surface area contributed by atoms with Gasteiger partial charge in [-0.25, -0.2) is 5.10 Å². The molecule has 0 aliphatic rings. The van der Waals surface area contributed by atoms with Gasteiger partial charge in [-0.3, -0.25) is 0 Å². The molecule has 0 saturated heterocycles. The molecule has 1 heterocycles. The SMILES string of the molecule is CCCCOCCOCCOCCSc1n[nH]c(N)n1.